The molecule has 1 amide bonds. The Morgan fingerprint density at radius 3 is 2.62 bits per heavy atom. The minimum atomic E-state index is -0.368. The summed E-state index contributed by atoms with van der Waals surface area (Å²) in [6, 6.07) is 13.9. The molecule has 2 aromatic carbocycles. The van der Waals surface area contributed by atoms with Crippen LogP contribution in [0.2, 0.25) is 0 Å². The fourth-order valence-electron chi connectivity index (χ4n) is 1.80. The predicted octanol–water partition coefficient (Wildman–Crippen LogP) is 3.83. The molecule has 21 heavy (non-hydrogen) atoms. The van der Waals surface area contributed by atoms with E-state index in [9.17, 15) is 9.18 Å². The molecular formula is C17H13FINO. The maximum Gasteiger partial charge on any atom is 0.224 e. The van der Waals surface area contributed by atoms with Crippen molar-refractivity contribution in [2.75, 3.05) is 11.4 Å². The standard InChI is InChI=1S/C17H13FINO/c1-13(21)20(17-12-15(18)9-10-16(17)19)11-5-8-14-6-3-2-4-7-14/h2-4,6-7,9-10,12H,11H2,1H3. The molecule has 0 heterocycles. The second kappa shape index (κ2) is 7.23. The smallest absolute Gasteiger partial charge is 0.224 e. The van der Waals surface area contributed by atoms with Crippen LogP contribution in [-0.4, -0.2) is 12.5 Å². The van der Waals surface area contributed by atoms with Gasteiger partial charge in [-0.25, -0.2) is 4.39 Å². The Morgan fingerprint density at radius 1 is 1.24 bits per heavy atom. The van der Waals surface area contributed by atoms with Gasteiger partial charge in [-0.3, -0.25) is 9.69 Å². The summed E-state index contributed by atoms with van der Waals surface area (Å²) in [5.74, 6) is 5.42. The average Bonchev–Trinajstić information content (AvgIpc) is 2.47. The molecule has 0 unspecified atom stereocenters. The van der Waals surface area contributed by atoms with E-state index in [1.807, 2.05) is 30.3 Å². The van der Waals surface area contributed by atoms with E-state index >= 15 is 0 Å². The van der Waals surface area contributed by atoms with Gasteiger partial charge >= 0.3 is 0 Å². The molecule has 0 fully saturated rings. The van der Waals surface area contributed by atoms with E-state index in [1.165, 1.54) is 24.0 Å². The van der Waals surface area contributed by atoms with Gasteiger partial charge in [0.2, 0.25) is 5.91 Å². The number of benzene rings is 2. The number of amides is 1. The molecule has 106 valence electrons. The van der Waals surface area contributed by atoms with Crippen LogP contribution in [-0.2, 0) is 4.79 Å². The highest BCUT2D eigenvalue weighted by Gasteiger charge is 2.14. The minimum Gasteiger partial charge on any atom is -0.300 e. The number of anilines is 1. The monoisotopic (exact) mass is 393 g/mol. The second-order valence-corrected chi connectivity index (χ2v) is 5.53. The molecule has 2 rings (SSSR count). The zero-order valence-electron chi connectivity index (χ0n) is 11.4. The Balaban J connectivity index is 2.23. The molecular weight excluding hydrogens is 380 g/mol. The third-order valence-electron chi connectivity index (χ3n) is 2.82. The quantitative estimate of drug-likeness (QED) is 0.561. The number of rotatable bonds is 2. The van der Waals surface area contributed by atoms with E-state index in [2.05, 4.69) is 34.4 Å². The van der Waals surface area contributed by atoms with Gasteiger partial charge in [0.25, 0.3) is 0 Å². The summed E-state index contributed by atoms with van der Waals surface area (Å²) in [5, 5.41) is 0. The van der Waals surface area contributed by atoms with Crippen LogP contribution in [0.25, 0.3) is 0 Å². The van der Waals surface area contributed by atoms with Crippen LogP contribution in [0.1, 0.15) is 12.5 Å². The lowest BCUT2D eigenvalue weighted by molar-refractivity contribution is -0.116. The molecule has 0 atom stereocenters. The van der Waals surface area contributed by atoms with Crippen molar-refractivity contribution >= 4 is 34.2 Å². The zero-order valence-corrected chi connectivity index (χ0v) is 13.6. The fourth-order valence-corrected chi connectivity index (χ4v) is 2.43. The van der Waals surface area contributed by atoms with Crippen LogP contribution in [0.15, 0.2) is 48.5 Å². The number of hydrogen-bond acceptors (Lipinski definition) is 1. The summed E-state index contributed by atoms with van der Waals surface area (Å²) in [6.07, 6.45) is 0. The van der Waals surface area contributed by atoms with Crippen LogP contribution >= 0.6 is 22.6 Å². The van der Waals surface area contributed by atoms with Crippen molar-refractivity contribution in [3.8, 4) is 11.8 Å². The highest BCUT2D eigenvalue weighted by molar-refractivity contribution is 14.1. The van der Waals surface area contributed by atoms with Gasteiger partial charge in [0.05, 0.1) is 12.2 Å². The van der Waals surface area contributed by atoms with Gasteiger partial charge in [0, 0.05) is 16.1 Å². The number of nitrogens with zero attached hydrogens (tertiary/aromatic N) is 1. The lowest BCUT2D eigenvalue weighted by Gasteiger charge is -2.19. The summed E-state index contributed by atoms with van der Waals surface area (Å²) in [7, 11) is 0. The van der Waals surface area contributed by atoms with E-state index in [-0.39, 0.29) is 18.3 Å². The van der Waals surface area contributed by atoms with E-state index < -0.39 is 0 Å². The van der Waals surface area contributed by atoms with E-state index in [1.54, 1.807) is 6.07 Å². The summed E-state index contributed by atoms with van der Waals surface area (Å²) >= 11 is 2.08. The van der Waals surface area contributed by atoms with Crippen molar-refractivity contribution < 1.29 is 9.18 Å². The Bertz CT molecular complexity index is 704. The molecule has 0 aliphatic rings. The maximum atomic E-state index is 13.4. The fraction of sp³-hybridized carbons (Fsp3) is 0.118. The second-order valence-electron chi connectivity index (χ2n) is 4.37. The van der Waals surface area contributed by atoms with Crippen LogP contribution in [0.4, 0.5) is 10.1 Å². The predicted molar refractivity (Wildman–Crippen MR) is 90.5 cm³/mol. The first-order valence-corrected chi connectivity index (χ1v) is 7.43. The van der Waals surface area contributed by atoms with Gasteiger partial charge in [-0.05, 0) is 52.9 Å². The largest absolute Gasteiger partial charge is 0.300 e. The minimum absolute atomic E-state index is 0.166. The highest BCUT2D eigenvalue weighted by Crippen LogP contribution is 2.23. The number of hydrogen-bond donors (Lipinski definition) is 0. The summed E-state index contributed by atoms with van der Waals surface area (Å²) in [4.78, 5) is 13.3. The molecule has 0 aliphatic carbocycles. The topological polar surface area (TPSA) is 20.3 Å². The molecule has 0 aromatic heterocycles. The average molecular weight is 393 g/mol. The van der Waals surface area contributed by atoms with Crippen molar-refractivity contribution in [2.24, 2.45) is 0 Å². The maximum absolute atomic E-state index is 13.4. The third-order valence-corrected chi connectivity index (χ3v) is 3.73. The van der Waals surface area contributed by atoms with Crippen molar-refractivity contribution in [2.45, 2.75) is 6.92 Å². The van der Waals surface area contributed by atoms with Crippen LogP contribution in [0, 0.1) is 21.2 Å². The van der Waals surface area contributed by atoms with E-state index in [4.69, 9.17) is 0 Å². The molecule has 0 saturated carbocycles. The highest BCUT2D eigenvalue weighted by atomic mass is 127. The molecule has 2 nitrogen and oxygen atoms in total. The van der Waals surface area contributed by atoms with Gasteiger partial charge in [-0.2, -0.15) is 0 Å². The van der Waals surface area contributed by atoms with E-state index in [0.717, 1.165) is 9.13 Å². The van der Waals surface area contributed by atoms with Gasteiger partial charge in [-0.15, -0.1) is 0 Å². The molecule has 4 heteroatoms. The van der Waals surface area contributed by atoms with Crippen LogP contribution in [0.5, 0.6) is 0 Å². The van der Waals surface area contributed by atoms with Gasteiger partial charge in [-0.1, -0.05) is 30.0 Å². The van der Waals surface area contributed by atoms with Gasteiger partial charge in [0.15, 0.2) is 0 Å². The first-order valence-electron chi connectivity index (χ1n) is 6.35. The molecule has 0 saturated heterocycles. The Hall–Kier alpha value is -1.87. The van der Waals surface area contributed by atoms with Gasteiger partial charge < -0.3 is 0 Å². The summed E-state index contributed by atoms with van der Waals surface area (Å²) in [6.45, 7) is 1.68. The van der Waals surface area contributed by atoms with Crippen LogP contribution < -0.4 is 4.90 Å². The molecule has 0 radical (unpaired) electrons. The molecule has 0 bridgehead atoms. The van der Waals surface area contributed by atoms with E-state index in [0.29, 0.717) is 5.69 Å². The molecule has 0 N–H and O–H groups in total. The Kier molecular flexibility index (Phi) is 5.34. The lowest BCUT2D eigenvalue weighted by atomic mass is 10.2. The number of carbonyl (C=O) groups excluding carboxylic acids is 1. The molecule has 0 aliphatic heterocycles. The number of carbonyl (C=O) groups is 1. The van der Waals surface area contributed by atoms with Gasteiger partial charge in [0.1, 0.15) is 5.82 Å². The third kappa shape index (κ3) is 4.30. The van der Waals surface area contributed by atoms with Crippen molar-refractivity contribution in [3.63, 3.8) is 0 Å². The van der Waals surface area contributed by atoms with Crippen LogP contribution in [0.3, 0.4) is 0 Å². The Labute approximate surface area is 137 Å². The number of halogens is 2. The first-order chi connectivity index (χ1) is 10.1. The summed E-state index contributed by atoms with van der Waals surface area (Å²) in [5.41, 5.74) is 1.43. The van der Waals surface area contributed by atoms with Crippen molar-refractivity contribution in [3.05, 3.63) is 63.5 Å². The van der Waals surface area contributed by atoms with Crippen molar-refractivity contribution in [1.82, 2.24) is 0 Å². The molecule has 0 spiro atoms. The summed E-state index contributed by atoms with van der Waals surface area (Å²) < 4.78 is 14.2. The Morgan fingerprint density at radius 2 is 1.95 bits per heavy atom. The SMILES string of the molecule is CC(=O)N(CC#Cc1ccccc1)c1cc(F)ccc1I. The normalized spacial score (nSPS) is 9.67. The lowest BCUT2D eigenvalue weighted by Crippen LogP contribution is -2.29. The zero-order chi connectivity index (χ0) is 15.2. The van der Waals surface area contributed by atoms with Crippen molar-refractivity contribution in [1.29, 1.82) is 0 Å². The first kappa shape index (κ1) is 15.5. The molecule has 2 aromatic rings.